The van der Waals surface area contributed by atoms with Crippen molar-refractivity contribution in [3.63, 3.8) is 0 Å². The highest BCUT2D eigenvalue weighted by atomic mass is 15.5. The van der Waals surface area contributed by atoms with Crippen LogP contribution in [-0.4, -0.2) is 14.1 Å². The van der Waals surface area contributed by atoms with Gasteiger partial charge in [-0.15, -0.1) is 4.68 Å². The molecule has 0 saturated carbocycles. The number of allylic oxidation sites excluding steroid dienone is 1. The van der Waals surface area contributed by atoms with Crippen molar-refractivity contribution in [3.05, 3.63) is 72.1 Å². The monoisotopic (exact) mass is 303 g/mol. The van der Waals surface area contributed by atoms with Gasteiger partial charge >= 0.3 is 5.78 Å². The fourth-order valence-electron chi connectivity index (χ4n) is 3.19. The maximum Gasteiger partial charge on any atom is 0.344 e. The number of nitrogens with zero attached hydrogens (tertiary/aromatic N) is 4. The molecule has 4 nitrogen and oxygen atoms in total. The number of aromatic nitrogens is 4. The van der Waals surface area contributed by atoms with Gasteiger partial charge in [-0.2, -0.15) is 14.1 Å². The van der Waals surface area contributed by atoms with Gasteiger partial charge in [-0.3, -0.25) is 0 Å². The number of aryl methyl sites for hydroxylation is 1. The molecule has 2 aromatic heterocycles. The van der Waals surface area contributed by atoms with Crippen LogP contribution in [0.25, 0.3) is 22.5 Å². The van der Waals surface area contributed by atoms with E-state index >= 15 is 0 Å². The van der Waals surface area contributed by atoms with E-state index in [-0.39, 0.29) is 0 Å². The molecule has 2 heterocycles. The van der Waals surface area contributed by atoms with E-state index in [0.717, 1.165) is 28.3 Å². The van der Waals surface area contributed by atoms with Crippen molar-refractivity contribution < 1.29 is 4.68 Å². The summed E-state index contributed by atoms with van der Waals surface area (Å²) in [5.74, 6) is 2.08. The first-order valence-electron chi connectivity index (χ1n) is 7.79. The summed E-state index contributed by atoms with van der Waals surface area (Å²) in [7, 11) is 2.07. The van der Waals surface area contributed by atoms with E-state index in [1.165, 1.54) is 5.56 Å². The summed E-state index contributed by atoms with van der Waals surface area (Å²) in [6, 6.07) is 18.7. The van der Waals surface area contributed by atoms with E-state index in [1.54, 1.807) is 0 Å². The quantitative estimate of drug-likeness (QED) is 0.522. The fourth-order valence-corrected chi connectivity index (χ4v) is 3.19. The predicted molar refractivity (Wildman–Crippen MR) is 92.1 cm³/mol. The molecular formula is C19H19N4+. The Morgan fingerprint density at radius 1 is 1.04 bits per heavy atom. The van der Waals surface area contributed by atoms with Gasteiger partial charge in [0.05, 0.1) is 5.70 Å². The van der Waals surface area contributed by atoms with Crippen molar-refractivity contribution in [2.24, 2.45) is 7.05 Å². The molecular weight excluding hydrogens is 284 g/mol. The minimum Gasteiger partial charge on any atom is -0.185 e. The molecule has 0 saturated heterocycles. The molecule has 2 aromatic carbocycles. The van der Waals surface area contributed by atoms with Gasteiger partial charge in [0.2, 0.25) is 0 Å². The number of hydrogen-bond donors (Lipinski definition) is 0. The highest BCUT2D eigenvalue weighted by molar-refractivity contribution is 5.81. The molecule has 0 radical (unpaired) electrons. The van der Waals surface area contributed by atoms with Crippen LogP contribution in [-0.2, 0) is 7.05 Å². The Balaban J connectivity index is 2.09. The summed E-state index contributed by atoms with van der Waals surface area (Å²) in [6.07, 6.45) is 2.13. The maximum atomic E-state index is 4.86. The first-order chi connectivity index (χ1) is 11.2. The molecule has 0 aliphatic carbocycles. The Morgan fingerprint density at radius 2 is 1.74 bits per heavy atom. The summed E-state index contributed by atoms with van der Waals surface area (Å²) in [6.45, 7) is 4.19. The molecule has 0 unspecified atom stereocenters. The fraction of sp³-hybridized carbons (Fsp3) is 0.158. The van der Waals surface area contributed by atoms with Gasteiger partial charge in [0.1, 0.15) is 12.6 Å². The summed E-state index contributed by atoms with van der Waals surface area (Å²) >= 11 is 0. The van der Waals surface area contributed by atoms with E-state index in [9.17, 15) is 0 Å². The minimum absolute atomic E-state index is 0.933. The molecule has 23 heavy (non-hydrogen) atoms. The molecule has 4 heteroatoms. The summed E-state index contributed by atoms with van der Waals surface area (Å²) in [5.41, 5.74) is 4.46. The number of rotatable bonds is 2. The number of imidazole rings is 1. The Morgan fingerprint density at radius 3 is 2.48 bits per heavy atom. The third kappa shape index (κ3) is 1.91. The SMILES string of the molecule is CC=C(c1ccccc1)n1c2nc3ccccc3n2c(C)[n+]1C. The molecule has 4 rings (SSSR count). The summed E-state index contributed by atoms with van der Waals surface area (Å²) in [5, 5.41) is 0. The average Bonchev–Trinajstić information content (AvgIpc) is 3.07. The highest BCUT2D eigenvalue weighted by Gasteiger charge is 2.26. The summed E-state index contributed by atoms with van der Waals surface area (Å²) in [4.78, 5) is 4.86. The normalized spacial score (nSPS) is 12.4. The van der Waals surface area contributed by atoms with E-state index in [0.29, 0.717) is 0 Å². The van der Waals surface area contributed by atoms with E-state index < -0.39 is 0 Å². The third-order valence-electron chi connectivity index (χ3n) is 4.40. The molecule has 0 spiro atoms. The van der Waals surface area contributed by atoms with E-state index in [1.807, 2.05) is 12.1 Å². The second-order valence-electron chi connectivity index (χ2n) is 5.66. The Kier molecular flexibility index (Phi) is 3.05. The highest BCUT2D eigenvalue weighted by Crippen LogP contribution is 2.22. The van der Waals surface area contributed by atoms with Crippen molar-refractivity contribution in [1.29, 1.82) is 0 Å². The van der Waals surface area contributed by atoms with E-state index in [2.05, 4.69) is 83.2 Å². The Bertz CT molecular complexity index is 1040. The van der Waals surface area contributed by atoms with Gasteiger partial charge in [0.25, 0.3) is 5.82 Å². The average molecular weight is 303 g/mol. The van der Waals surface area contributed by atoms with Crippen molar-refractivity contribution in [3.8, 4) is 0 Å². The molecule has 0 fully saturated rings. The smallest absolute Gasteiger partial charge is 0.185 e. The van der Waals surface area contributed by atoms with Crippen molar-refractivity contribution in [1.82, 2.24) is 14.1 Å². The molecule has 114 valence electrons. The van der Waals surface area contributed by atoms with E-state index in [4.69, 9.17) is 4.98 Å². The van der Waals surface area contributed by atoms with Crippen LogP contribution in [0, 0.1) is 6.92 Å². The zero-order chi connectivity index (χ0) is 16.0. The minimum atomic E-state index is 0.933. The maximum absolute atomic E-state index is 4.86. The molecule has 0 atom stereocenters. The third-order valence-corrected chi connectivity index (χ3v) is 4.40. The van der Waals surface area contributed by atoms with Crippen LogP contribution in [0.4, 0.5) is 0 Å². The summed E-state index contributed by atoms with van der Waals surface area (Å²) < 4.78 is 6.53. The first kappa shape index (κ1) is 13.8. The number of fused-ring (bicyclic) bond motifs is 3. The number of benzene rings is 2. The Hall–Kier alpha value is -2.88. The van der Waals surface area contributed by atoms with Gasteiger partial charge < -0.3 is 0 Å². The predicted octanol–water partition coefficient (Wildman–Crippen LogP) is 3.33. The van der Waals surface area contributed by atoms with Crippen molar-refractivity contribution >= 4 is 22.5 Å². The van der Waals surface area contributed by atoms with Gasteiger partial charge in [-0.1, -0.05) is 48.5 Å². The molecule has 0 N–H and O–H groups in total. The van der Waals surface area contributed by atoms with Crippen molar-refractivity contribution in [2.45, 2.75) is 13.8 Å². The lowest BCUT2D eigenvalue weighted by Gasteiger charge is -2.07. The molecule has 0 aliphatic rings. The van der Waals surface area contributed by atoms with Gasteiger partial charge in [-0.05, 0) is 19.1 Å². The van der Waals surface area contributed by atoms with Crippen LogP contribution >= 0.6 is 0 Å². The van der Waals surface area contributed by atoms with Crippen LogP contribution < -0.4 is 4.68 Å². The molecule has 0 amide bonds. The lowest BCUT2D eigenvalue weighted by molar-refractivity contribution is -0.748. The number of para-hydroxylation sites is 2. The van der Waals surface area contributed by atoms with Gasteiger partial charge in [0.15, 0.2) is 5.52 Å². The van der Waals surface area contributed by atoms with Crippen LogP contribution in [0.15, 0.2) is 60.7 Å². The van der Waals surface area contributed by atoms with Crippen molar-refractivity contribution in [2.75, 3.05) is 0 Å². The first-order valence-corrected chi connectivity index (χ1v) is 7.79. The van der Waals surface area contributed by atoms with Crippen LogP contribution in [0.5, 0.6) is 0 Å². The second-order valence-corrected chi connectivity index (χ2v) is 5.66. The van der Waals surface area contributed by atoms with Crippen LogP contribution in [0.2, 0.25) is 0 Å². The lowest BCUT2D eigenvalue weighted by Crippen LogP contribution is -2.41. The molecule has 0 bridgehead atoms. The van der Waals surface area contributed by atoms with Gasteiger partial charge in [0, 0.05) is 12.5 Å². The second kappa shape index (κ2) is 5.09. The van der Waals surface area contributed by atoms with Gasteiger partial charge in [-0.25, -0.2) is 0 Å². The van der Waals surface area contributed by atoms with Crippen LogP contribution in [0.3, 0.4) is 0 Å². The standard InChI is InChI=1S/C19H19N4/c1-4-17(15-10-6-5-7-11-15)23-19-20-16-12-8-9-13-18(16)22(19)14(2)21(23)3/h4-13H,1-3H3/q+1. The largest absolute Gasteiger partial charge is 0.344 e. The number of hydrogen-bond acceptors (Lipinski definition) is 1. The topological polar surface area (TPSA) is 26.1 Å². The molecule has 0 aliphatic heterocycles. The lowest BCUT2D eigenvalue weighted by atomic mass is 10.1. The van der Waals surface area contributed by atoms with Crippen LogP contribution in [0.1, 0.15) is 18.3 Å². The zero-order valence-corrected chi connectivity index (χ0v) is 13.6. The molecule has 4 aromatic rings. The Labute approximate surface area is 134 Å². The zero-order valence-electron chi connectivity index (χ0n) is 13.6.